The van der Waals surface area contributed by atoms with E-state index in [2.05, 4.69) is 4.99 Å². The zero-order valence-corrected chi connectivity index (χ0v) is 16.5. The first-order valence-electron chi connectivity index (χ1n) is 8.99. The summed E-state index contributed by atoms with van der Waals surface area (Å²) < 4.78 is 1.82. The number of aromatic nitrogens is 1. The van der Waals surface area contributed by atoms with Gasteiger partial charge in [-0.1, -0.05) is 42.0 Å². The van der Waals surface area contributed by atoms with Crippen molar-refractivity contribution in [2.45, 2.75) is 19.4 Å². The normalized spacial score (nSPS) is 22.0. The summed E-state index contributed by atoms with van der Waals surface area (Å²) in [6.45, 7) is 0.168. The van der Waals surface area contributed by atoms with Gasteiger partial charge >= 0.3 is 0 Å². The van der Waals surface area contributed by atoms with Gasteiger partial charge in [-0.3, -0.25) is 19.3 Å². The fraction of sp³-hybridized carbons (Fsp3) is 0.300. The van der Waals surface area contributed by atoms with Crippen molar-refractivity contribution in [1.82, 2.24) is 9.47 Å². The number of imide groups is 1. The van der Waals surface area contributed by atoms with E-state index in [4.69, 9.17) is 11.6 Å². The predicted octanol–water partition coefficient (Wildman–Crippen LogP) is 2.63. The third-order valence-corrected chi connectivity index (χ3v) is 6.23. The molecule has 2 atom stereocenters. The number of likely N-dealkylation sites (tertiary alicyclic amines) is 1. The zero-order valence-electron chi connectivity index (χ0n) is 15.0. The minimum Gasteiger partial charge on any atom is -0.319 e. The Morgan fingerprint density at radius 1 is 1.14 bits per heavy atom. The summed E-state index contributed by atoms with van der Waals surface area (Å²) in [4.78, 5) is 43.2. The molecule has 2 heterocycles. The monoisotopic (exact) mass is 415 g/mol. The van der Waals surface area contributed by atoms with Crippen LogP contribution in [0.3, 0.4) is 0 Å². The first-order valence-corrected chi connectivity index (χ1v) is 10.3. The summed E-state index contributed by atoms with van der Waals surface area (Å²) in [6.07, 6.45) is 6.78. The Hall–Kier alpha value is -2.51. The van der Waals surface area contributed by atoms with Crippen LogP contribution < -0.4 is 4.80 Å². The molecule has 1 fully saturated rings. The van der Waals surface area contributed by atoms with Crippen molar-refractivity contribution in [2.24, 2.45) is 16.8 Å². The van der Waals surface area contributed by atoms with E-state index >= 15 is 0 Å². The molecule has 4 rings (SSSR count). The number of amides is 3. The SMILES string of the molecule is O=C(CN1C(=O)C2CC=CCC2C1=O)N=c1sccn1Cc1ccccc1Cl. The Labute approximate surface area is 170 Å². The Bertz CT molecular complexity index is 1010. The summed E-state index contributed by atoms with van der Waals surface area (Å²) in [7, 11) is 0. The largest absolute Gasteiger partial charge is 0.319 e. The quantitative estimate of drug-likeness (QED) is 0.569. The van der Waals surface area contributed by atoms with Crippen LogP contribution in [0.15, 0.2) is 53.0 Å². The molecule has 0 spiro atoms. The highest BCUT2D eigenvalue weighted by Gasteiger charge is 2.47. The minimum atomic E-state index is -0.510. The number of fused-ring (bicyclic) bond motifs is 1. The summed E-state index contributed by atoms with van der Waals surface area (Å²) in [5.41, 5.74) is 0.915. The Kier molecular flexibility index (Phi) is 5.28. The van der Waals surface area contributed by atoms with E-state index in [0.717, 1.165) is 10.5 Å². The van der Waals surface area contributed by atoms with Crippen LogP contribution >= 0.6 is 22.9 Å². The number of nitrogens with zero attached hydrogens (tertiary/aromatic N) is 3. The maximum absolute atomic E-state index is 12.5. The van der Waals surface area contributed by atoms with Crippen LogP contribution in [0.4, 0.5) is 0 Å². The van der Waals surface area contributed by atoms with Gasteiger partial charge in [-0.2, -0.15) is 4.99 Å². The molecule has 6 nitrogen and oxygen atoms in total. The molecule has 2 aromatic rings. The number of carbonyl (C=O) groups is 3. The van der Waals surface area contributed by atoms with Gasteiger partial charge in [0.25, 0.3) is 5.91 Å². The number of hydrogen-bond acceptors (Lipinski definition) is 4. The van der Waals surface area contributed by atoms with Gasteiger partial charge in [0.15, 0.2) is 4.80 Å². The lowest BCUT2D eigenvalue weighted by molar-refractivity contribution is -0.143. The lowest BCUT2D eigenvalue weighted by atomic mass is 9.85. The molecule has 0 saturated carbocycles. The van der Waals surface area contributed by atoms with E-state index in [9.17, 15) is 14.4 Å². The number of hydrogen-bond donors (Lipinski definition) is 0. The van der Waals surface area contributed by atoms with Crippen LogP contribution in [-0.4, -0.2) is 33.7 Å². The highest BCUT2D eigenvalue weighted by Crippen LogP contribution is 2.34. The van der Waals surface area contributed by atoms with E-state index in [1.807, 2.05) is 52.6 Å². The molecule has 0 bridgehead atoms. The third kappa shape index (κ3) is 3.59. The molecular formula is C20H18ClN3O3S. The second-order valence-electron chi connectivity index (χ2n) is 6.83. The number of thiazole rings is 1. The van der Waals surface area contributed by atoms with Crippen molar-refractivity contribution < 1.29 is 14.4 Å². The second-order valence-corrected chi connectivity index (χ2v) is 8.11. The van der Waals surface area contributed by atoms with Gasteiger partial charge in [-0.25, -0.2) is 0 Å². The maximum Gasteiger partial charge on any atom is 0.268 e. The van der Waals surface area contributed by atoms with Crippen LogP contribution in [0, 0.1) is 11.8 Å². The number of rotatable bonds is 4. The van der Waals surface area contributed by atoms with E-state index in [0.29, 0.717) is 29.2 Å². The first kappa shape index (κ1) is 18.8. The summed E-state index contributed by atoms with van der Waals surface area (Å²) in [6, 6.07) is 7.48. The summed E-state index contributed by atoms with van der Waals surface area (Å²) in [5.74, 6) is -1.71. The number of benzene rings is 1. The van der Waals surface area contributed by atoms with E-state index in [-0.39, 0.29) is 30.2 Å². The molecule has 8 heteroatoms. The van der Waals surface area contributed by atoms with Crippen molar-refractivity contribution in [2.75, 3.05) is 6.54 Å². The van der Waals surface area contributed by atoms with Crippen LogP contribution in [0.2, 0.25) is 5.02 Å². The lowest BCUT2D eigenvalue weighted by Gasteiger charge is -2.14. The maximum atomic E-state index is 12.5. The molecular weight excluding hydrogens is 398 g/mol. The summed E-state index contributed by atoms with van der Waals surface area (Å²) >= 11 is 7.53. The van der Waals surface area contributed by atoms with Crippen molar-refractivity contribution in [3.05, 3.63) is 63.4 Å². The average molecular weight is 416 g/mol. The van der Waals surface area contributed by atoms with Gasteiger partial charge in [0.2, 0.25) is 11.8 Å². The molecule has 0 radical (unpaired) electrons. The van der Waals surface area contributed by atoms with Crippen LogP contribution in [0.25, 0.3) is 0 Å². The predicted molar refractivity (Wildman–Crippen MR) is 106 cm³/mol. The van der Waals surface area contributed by atoms with Gasteiger partial charge in [0.05, 0.1) is 18.4 Å². The van der Waals surface area contributed by atoms with E-state index in [1.54, 1.807) is 0 Å². The van der Waals surface area contributed by atoms with Crippen LogP contribution in [-0.2, 0) is 20.9 Å². The molecule has 1 aliphatic heterocycles. The summed E-state index contributed by atoms with van der Waals surface area (Å²) in [5, 5.41) is 2.47. The number of allylic oxidation sites excluding steroid dienone is 2. The minimum absolute atomic E-state index is 0.266. The highest BCUT2D eigenvalue weighted by molar-refractivity contribution is 7.07. The van der Waals surface area contributed by atoms with Crippen molar-refractivity contribution in [3.8, 4) is 0 Å². The molecule has 2 unspecified atom stereocenters. The fourth-order valence-corrected chi connectivity index (χ4v) is 4.56. The zero-order chi connectivity index (χ0) is 19.7. The molecule has 1 aromatic carbocycles. The molecule has 28 heavy (non-hydrogen) atoms. The fourth-order valence-electron chi connectivity index (χ4n) is 3.62. The van der Waals surface area contributed by atoms with Crippen LogP contribution in [0.1, 0.15) is 18.4 Å². The smallest absolute Gasteiger partial charge is 0.268 e. The molecule has 144 valence electrons. The molecule has 1 aliphatic carbocycles. The van der Waals surface area contributed by atoms with Gasteiger partial charge in [0.1, 0.15) is 6.54 Å². The first-order chi connectivity index (χ1) is 13.5. The number of carbonyl (C=O) groups excluding carboxylic acids is 3. The van der Waals surface area contributed by atoms with Gasteiger partial charge < -0.3 is 4.57 Å². The Morgan fingerprint density at radius 3 is 2.50 bits per heavy atom. The molecule has 1 saturated heterocycles. The molecule has 2 aliphatic rings. The molecule has 0 N–H and O–H groups in total. The standard InChI is InChI=1S/C20H18ClN3O3S/c21-16-8-4-1-5-13(16)11-23-9-10-28-20(23)22-17(25)12-24-18(26)14-6-2-3-7-15(14)19(24)27/h1-5,8-10,14-15H,6-7,11-12H2. The topological polar surface area (TPSA) is 71.7 Å². The average Bonchev–Trinajstić information content (AvgIpc) is 3.22. The van der Waals surface area contributed by atoms with E-state index in [1.165, 1.54) is 11.3 Å². The van der Waals surface area contributed by atoms with Gasteiger partial charge in [-0.05, 0) is 24.5 Å². The van der Waals surface area contributed by atoms with Crippen molar-refractivity contribution in [1.29, 1.82) is 0 Å². The van der Waals surface area contributed by atoms with Crippen LogP contribution in [0.5, 0.6) is 0 Å². The Balaban J connectivity index is 1.51. The lowest BCUT2D eigenvalue weighted by Crippen LogP contribution is -2.36. The highest BCUT2D eigenvalue weighted by atomic mass is 35.5. The van der Waals surface area contributed by atoms with Gasteiger partial charge in [-0.15, -0.1) is 11.3 Å². The third-order valence-electron chi connectivity index (χ3n) is 5.07. The molecule has 1 aromatic heterocycles. The van der Waals surface area contributed by atoms with Crippen molar-refractivity contribution >= 4 is 40.7 Å². The van der Waals surface area contributed by atoms with Gasteiger partial charge in [0, 0.05) is 16.6 Å². The van der Waals surface area contributed by atoms with Crippen molar-refractivity contribution in [3.63, 3.8) is 0 Å². The number of halogens is 1. The molecule has 3 amide bonds. The Morgan fingerprint density at radius 2 is 1.82 bits per heavy atom. The second kappa shape index (κ2) is 7.85. The van der Waals surface area contributed by atoms with E-state index < -0.39 is 5.91 Å².